The highest BCUT2D eigenvalue weighted by Crippen LogP contribution is 2.27. The van der Waals surface area contributed by atoms with Crippen molar-refractivity contribution in [2.24, 2.45) is 0 Å². The van der Waals surface area contributed by atoms with E-state index in [1.165, 1.54) is 31.2 Å². The van der Waals surface area contributed by atoms with Crippen LogP contribution in [0.5, 0.6) is 0 Å². The maximum Gasteiger partial charge on any atom is 0.523 e. The van der Waals surface area contributed by atoms with Crippen LogP contribution in [0.2, 0.25) is 0 Å². The second kappa shape index (κ2) is 8.43. The lowest BCUT2D eigenvalue weighted by Gasteiger charge is -2.17. The van der Waals surface area contributed by atoms with Gasteiger partial charge in [0.05, 0.1) is 6.61 Å². The van der Waals surface area contributed by atoms with Crippen LogP contribution in [-0.4, -0.2) is 32.6 Å². The Kier molecular flexibility index (Phi) is 7.15. The Bertz CT molecular complexity index is 640. The minimum atomic E-state index is -5.91. The summed E-state index contributed by atoms with van der Waals surface area (Å²) in [6, 6.07) is 5.37. The van der Waals surface area contributed by atoms with Crippen molar-refractivity contribution in [3.8, 4) is 0 Å². The van der Waals surface area contributed by atoms with Crippen LogP contribution in [0, 0.1) is 5.82 Å². The zero-order valence-electron chi connectivity index (χ0n) is 12.7. The molecule has 0 bridgehead atoms. The predicted octanol–water partition coefficient (Wildman–Crippen LogP) is 2.95. The molecule has 136 valence electrons. The van der Waals surface area contributed by atoms with Gasteiger partial charge in [-0.1, -0.05) is 12.1 Å². The average molecular weight is 372 g/mol. The smallest absolute Gasteiger partial charge is 0.464 e. The third-order valence-corrected chi connectivity index (χ3v) is 3.97. The van der Waals surface area contributed by atoms with Crippen molar-refractivity contribution in [2.45, 2.75) is 37.8 Å². The first-order valence-corrected chi connectivity index (χ1v) is 8.38. The lowest BCUT2D eigenvalue weighted by Crippen LogP contribution is -2.35. The summed E-state index contributed by atoms with van der Waals surface area (Å²) < 4.78 is 80.5. The van der Waals surface area contributed by atoms with Gasteiger partial charge in [0.2, 0.25) is 0 Å². The molecule has 10 heteroatoms. The average Bonchev–Trinajstić information content (AvgIpc) is 2.47. The topological polar surface area (TPSA) is 69.7 Å². The van der Waals surface area contributed by atoms with Gasteiger partial charge in [0.25, 0.3) is 0 Å². The zero-order chi connectivity index (χ0) is 18.4. The molecule has 1 atom stereocenters. The fraction of sp³-hybridized carbons (Fsp3) is 0.500. The molecule has 0 aliphatic heterocycles. The largest absolute Gasteiger partial charge is 0.523 e. The van der Waals surface area contributed by atoms with E-state index in [1.54, 1.807) is 0 Å². The summed E-state index contributed by atoms with van der Waals surface area (Å²) in [7, 11) is -5.91. The monoisotopic (exact) mass is 372 g/mol. The van der Waals surface area contributed by atoms with Crippen LogP contribution in [0.3, 0.4) is 0 Å². The minimum absolute atomic E-state index is 0.136. The van der Waals surface area contributed by atoms with Gasteiger partial charge in [-0.3, -0.25) is 0 Å². The highest BCUT2D eigenvalue weighted by Gasteiger charge is 2.49. The fourth-order valence-corrected chi connectivity index (χ4v) is 2.38. The van der Waals surface area contributed by atoms with Crippen LogP contribution in [-0.2, 0) is 30.3 Å². The van der Waals surface area contributed by atoms with E-state index in [0.717, 1.165) is 0 Å². The Morgan fingerprint density at radius 3 is 2.29 bits per heavy atom. The molecule has 0 amide bonds. The number of carbonyl (C=O) groups excluding carboxylic acids is 1. The normalized spacial score (nSPS) is 13.5. The summed E-state index contributed by atoms with van der Waals surface area (Å²) >= 11 is 0. The van der Waals surface area contributed by atoms with Crippen LogP contribution < -0.4 is 0 Å². The van der Waals surface area contributed by atoms with Crippen LogP contribution in [0.4, 0.5) is 17.6 Å². The van der Waals surface area contributed by atoms with E-state index in [4.69, 9.17) is 0 Å². The van der Waals surface area contributed by atoms with Gasteiger partial charge in [-0.15, -0.1) is 0 Å². The molecular weight excluding hydrogens is 356 g/mol. The van der Waals surface area contributed by atoms with Crippen LogP contribution in [0.15, 0.2) is 24.3 Å². The Balaban J connectivity index is 2.72. The molecule has 0 saturated heterocycles. The van der Waals surface area contributed by atoms with Crippen molar-refractivity contribution in [2.75, 3.05) is 6.61 Å². The van der Waals surface area contributed by atoms with E-state index >= 15 is 0 Å². The Hall–Kier alpha value is -1.68. The summed E-state index contributed by atoms with van der Waals surface area (Å²) in [6.45, 7) is 1.29. The third kappa shape index (κ3) is 6.08. The number of alkyl halides is 3. The summed E-state index contributed by atoms with van der Waals surface area (Å²) in [5, 5.41) is 0. The van der Waals surface area contributed by atoms with Crippen molar-refractivity contribution < 1.29 is 39.7 Å². The summed E-state index contributed by atoms with van der Waals surface area (Å²) in [5.41, 5.74) is -4.95. The molecular formula is C14H16F4O5S. The molecule has 1 aromatic carbocycles. The van der Waals surface area contributed by atoms with Gasteiger partial charge in [-0.2, -0.15) is 21.6 Å². The molecule has 1 rings (SSSR count). The highest BCUT2D eigenvalue weighted by molar-refractivity contribution is 7.87. The standard InChI is InChI=1S/C14H16F4O5S/c1-2-22-13(19)12(23-24(20,21)14(16,17)18)5-3-4-10-6-8-11(15)9-7-10/h6-9,12H,2-5H2,1H3. The molecule has 24 heavy (non-hydrogen) atoms. The van der Waals surface area contributed by atoms with Crippen LogP contribution >= 0.6 is 0 Å². The van der Waals surface area contributed by atoms with Gasteiger partial charge in [-0.25, -0.2) is 13.4 Å². The van der Waals surface area contributed by atoms with Gasteiger partial charge < -0.3 is 4.74 Å². The molecule has 0 radical (unpaired) electrons. The Morgan fingerprint density at radius 1 is 1.21 bits per heavy atom. The number of ether oxygens (including phenoxy) is 1. The fourth-order valence-electron chi connectivity index (χ4n) is 1.79. The molecule has 0 aromatic heterocycles. The van der Waals surface area contributed by atoms with Gasteiger partial charge in [0, 0.05) is 0 Å². The number of rotatable bonds is 8. The Labute approximate surface area is 136 Å². The third-order valence-electron chi connectivity index (χ3n) is 2.92. The second-order valence-corrected chi connectivity index (χ2v) is 6.32. The first-order chi connectivity index (χ1) is 11.1. The first kappa shape index (κ1) is 20.4. The van der Waals surface area contributed by atoms with E-state index in [9.17, 15) is 30.8 Å². The number of halogens is 4. The second-order valence-electron chi connectivity index (χ2n) is 4.76. The lowest BCUT2D eigenvalue weighted by atomic mass is 10.1. The molecule has 1 unspecified atom stereocenters. The number of hydrogen-bond donors (Lipinski definition) is 0. The van der Waals surface area contributed by atoms with E-state index in [0.29, 0.717) is 12.0 Å². The minimum Gasteiger partial charge on any atom is -0.464 e. The SMILES string of the molecule is CCOC(=O)C(CCCc1ccc(F)cc1)OS(=O)(=O)C(F)(F)F. The van der Waals surface area contributed by atoms with Crippen LogP contribution in [0.1, 0.15) is 25.3 Å². The maximum atomic E-state index is 12.8. The van der Waals surface area contributed by atoms with E-state index in [-0.39, 0.29) is 19.4 Å². The van der Waals surface area contributed by atoms with E-state index in [1.807, 2.05) is 0 Å². The molecule has 5 nitrogen and oxygen atoms in total. The lowest BCUT2D eigenvalue weighted by molar-refractivity contribution is -0.152. The van der Waals surface area contributed by atoms with Crippen molar-refractivity contribution >= 4 is 16.1 Å². The number of benzene rings is 1. The molecule has 0 aliphatic rings. The first-order valence-electron chi connectivity index (χ1n) is 6.97. The predicted molar refractivity (Wildman–Crippen MR) is 75.8 cm³/mol. The number of carbonyl (C=O) groups is 1. The molecule has 1 aromatic rings. The summed E-state index contributed by atoms with van der Waals surface area (Å²) in [4.78, 5) is 11.6. The molecule has 0 fully saturated rings. The van der Waals surface area contributed by atoms with Gasteiger partial charge in [-0.05, 0) is 43.9 Å². The summed E-state index contributed by atoms with van der Waals surface area (Å²) in [5.74, 6) is -1.63. The van der Waals surface area contributed by atoms with E-state index < -0.39 is 33.5 Å². The molecule has 0 spiro atoms. The molecule has 0 saturated carbocycles. The number of hydrogen-bond acceptors (Lipinski definition) is 5. The van der Waals surface area contributed by atoms with E-state index in [2.05, 4.69) is 8.92 Å². The number of esters is 1. The zero-order valence-corrected chi connectivity index (χ0v) is 13.5. The van der Waals surface area contributed by atoms with Gasteiger partial charge in [0.15, 0.2) is 6.10 Å². The maximum absolute atomic E-state index is 12.8. The molecule has 0 heterocycles. The quantitative estimate of drug-likeness (QED) is 0.304. The van der Waals surface area contributed by atoms with Crippen LogP contribution in [0.25, 0.3) is 0 Å². The van der Waals surface area contributed by atoms with Crippen molar-refractivity contribution in [1.29, 1.82) is 0 Å². The molecule has 0 N–H and O–H groups in total. The highest BCUT2D eigenvalue weighted by atomic mass is 32.2. The number of aryl methyl sites for hydroxylation is 1. The Morgan fingerprint density at radius 2 is 1.79 bits per heavy atom. The van der Waals surface area contributed by atoms with Crippen molar-refractivity contribution in [1.82, 2.24) is 0 Å². The van der Waals surface area contributed by atoms with Crippen molar-refractivity contribution in [3.05, 3.63) is 35.6 Å². The van der Waals surface area contributed by atoms with Crippen molar-refractivity contribution in [3.63, 3.8) is 0 Å². The molecule has 0 aliphatic carbocycles. The van der Waals surface area contributed by atoms with Gasteiger partial charge >= 0.3 is 21.6 Å². The summed E-state index contributed by atoms with van der Waals surface area (Å²) in [6.07, 6.45) is -1.75. The van der Waals surface area contributed by atoms with Gasteiger partial charge in [0.1, 0.15) is 5.82 Å².